The standard InChI is InChI=1S/C26H28ClN3O7S2/c1-19-3-8-22(9-4-19)30(38(32,33)23-10-5-20(27)6-11-23)18-26(31)28-21-7-12-24(36-2)25(17-21)39(34,35)29-13-15-37-16-14-29/h3-12,17H,13-16,18H2,1-2H3,(H,28,31). The van der Waals surface area contributed by atoms with Gasteiger partial charge in [0.2, 0.25) is 15.9 Å². The average Bonchev–Trinajstić information content (AvgIpc) is 2.93. The molecule has 1 aliphatic heterocycles. The van der Waals surface area contributed by atoms with Gasteiger partial charge < -0.3 is 14.8 Å². The lowest BCUT2D eigenvalue weighted by molar-refractivity contribution is -0.114. The number of halogens is 1. The van der Waals surface area contributed by atoms with Crippen molar-refractivity contribution in [3.8, 4) is 5.75 Å². The Kier molecular flexibility index (Phi) is 8.82. The van der Waals surface area contributed by atoms with Crippen LogP contribution in [0.5, 0.6) is 5.75 Å². The third-order valence-electron chi connectivity index (χ3n) is 6.05. The van der Waals surface area contributed by atoms with Crippen LogP contribution in [0.1, 0.15) is 5.56 Å². The third-order valence-corrected chi connectivity index (χ3v) is 10.0. The number of sulfonamides is 2. The number of rotatable bonds is 9. The van der Waals surface area contributed by atoms with Crippen molar-refractivity contribution in [1.29, 1.82) is 0 Å². The quantitative estimate of drug-likeness (QED) is 0.403. The molecule has 1 aliphatic rings. The summed E-state index contributed by atoms with van der Waals surface area (Å²) in [6.45, 7) is 2.22. The Balaban J connectivity index is 1.63. The number of hydrogen-bond acceptors (Lipinski definition) is 7. The van der Waals surface area contributed by atoms with Crippen LogP contribution in [0.2, 0.25) is 5.02 Å². The summed E-state index contributed by atoms with van der Waals surface area (Å²) in [6, 6.07) is 16.5. The Labute approximate surface area is 233 Å². The lowest BCUT2D eigenvalue weighted by atomic mass is 10.2. The van der Waals surface area contributed by atoms with E-state index in [0.717, 1.165) is 9.87 Å². The van der Waals surface area contributed by atoms with E-state index in [0.29, 0.717) is 5.02 Å². The van der Waals surface area contributed by atoms with Gasteiger partial charge in [-0.25, -0.2) is 16.8 Å². The number of hydrogen-bond donors (Lipinski definition) is 1. The molecule has 1 fully saturated rings. The van der Waals surface area contributed by atoms with Crippen LogP contribution in [-0.2, 0) is 29.6 Å². The summed E-state index contributed by atoms with van der Waals surface area (Å²) in [6.07, 6.45) is 0. The van der Waals surface area contributed by atoms with Crippen molar-refractivity contribution < 1.29 is 31.1 Å². The number of morpholine rings is 1. The van der Waals surface area contributed by atoms with Crippen molar-refractivity contribution in [3.05, 3.63) is 77.3 Å². The van der Waals surface area contributed by atoms with Crippen molar-refractivity contribution in [2.75, 3.05) is 49.6 Å². The second kappa shape index (κ2) is 11.9. The maximum absolute atomic E-state index is 13.6. The number of methoxy groups -OCH3 is 1. The highest BCUT2D eigenvalue weighted by molar-refractivity contribution is 7.92. The van der Waals surface area contributed by atoms with Crippen LogP contribution < -0.4 is 14.4 Å². The van der Waals surface area contributed by atoms with Gasteiger partial charge in [-0.1, -0.05) is 29.3 Å². The lowest BCUT2D eigenvalue weighted by Crippen LogP contribution is -2.40. The van der Waals surface area contributed by atoms with Gasteiger partial charge in [-0.2, -0.15) is 4.31 Å². The van der Waals surface area contributed by atoms with Crippen LogP contribution in [-0.4, -0.2) is 67.0 Å². The SMILES string of the molecule is COc1ccc(NC(=O)CN(c2ccc(C)cc2)S(=O)(=O)c2ccc(Cl)cc2)cc1S(=O)(=O)N1CCOCC1. The molecule has 3 aromatic rings. The van der Waals surface area contributed by atoms with Gasteiger partial charge in [0, 0.05) is 23.8 Å². The second-order valence-corrected chi connectivity index (χ2v) is 12.9. The first-order valence-electron chi connectivity index (χ1n) is 11.9. The predicted octanol–water partition coefficient (Wildman–Crippen LogP) is 3.51. The van der Waals surface area contributed by atoms with Crippen molar-refractivity contribution in [2.45, 2.75) is 16.7 Å². The number of nitrogens with zero attached hydrogens (tertiary/aromatic N) is 2. The number of carbonyl (C=O) groups is 1. The zero-order chi connectivity index (χ0) is 28.2. The van der Waals surface area contributed by atoms with E-state index in [1.165, 1.54) is 53.9 Å². The van der Waals surface area contributed by atoms with Crippen molar-refractivity contribution in [1.82, 2.24) is 4.31 Å². The Morgan fingerprint density at radius 3 is 2.26 bits per heavy atom. The number of aryl methyl sites for hydroxylation is 1. The fourth-order valence-electron chi connectivity index (χ4n) is 3.97. The van der Waals surface area contributed by atoms with Gasteiger partial charge in [-0.3, -0.25) is 9.10 Å². The minimum absolute atomic E-state index is 0.0383. The second-order valence-electron chi connectivity index (χ2n) is 8.73. The van der Waals surface area contributed by atoms with E-state index in [1.807, 2.05) is 6.92 Å². The van der Waals surface area contributed by atoms with Crippen LogP contribution >= 0.6 is 11.6 Å². The van der Waals surface area contributed by atoms with Crippen LogP contribution in [0.15, 0.2) is 76.5 Å². The zero-order valence-electron chi connectivity index (χ0n) is 21.3. The normalized spacial score (nSPS) is 14.5. The molecule has 0 bridgehead atoms. The molecule has 3 aromatic carbocycles. The highest BCUT2D eigenvalue weighted by Crippen LogP contribution is 2.31. The molecule has 0 unspecified atom stereocenters. The molecule has 0 radical (unpaired) electrons. The van der Waals surface area contributed by atoms with Crippen LogP contribution in [0.25, 0.3) is 0 Å². The molecule has 208 valence electrons. The van der Waals surface area contributed by atoms with E-state index in [-0.39, 0.29) is 53.2 Å². The fourth-order valence-corrected chi connectivity index (χ4v) is 7.11. The molecule has 10 nitrogen and oxygen atoms in total. The van der Waals surface area contributed by atoms with Crippen LogP contribution in [0, 0.1) is 6.92 Å². The van der Waals surface area contributed by atoms with Crippen molar-refractivity contribution in [3.63, 3.8) is 0 Å². The van der Waals surface area contributed by atoms with E-state index >= 15 is 0 Å². The number of benzene rings is 3. The molecule has 39 heavy (non-hydrogen) atoms. The van der Waals surface area contributed by atoms with Gasteiger partial charge in [0.25, 0.3) is 10.0 Å². The topological polar surface area (TPSA) is 122 Å². The van der Waals surface area contributed by atoms with E-state index in [4.69, 9.17) is 21.1 Å². The van der Waals surface area contributed by atoms with Crippen LogP contribution in [0.4, 0.5) is 11.4 Å². The highest BCUT2D eigenvalue weighted by atomic mass is 35.5. The molecule has 0 aliphatic carbocycles. The molecule has 0 saturated carbocycles. The zero-order valence-corrected chi connectivity index (χ0v) is 23.7. The number of amides is 1. The minimum Gasteiger partial charge on any atom is -0.495 e. The van der Waals surface area contributed by atoms with Gasteiger partial charge in [-0.05, 0) is 61.5 Å². The van der Waals surface area contributed by atoms with Gasteiger partial charge in [0.1, 0.15) is 17.2 Å². The van der Waals surface area contributed by atoms with Crippen LogP contribution in [0.3, 0.4) is 0 Å². The molecular formula is C26H28ClN3O7S2. The Bertz CT molecular complexity index is 1540. The van der Waals surface area contributed by atoms with Gasteiger partial charge in [0.05, 0.1) is 30.9 Å². The maximum Gasteiger partial charge on any atom is 0.264 e. The molecule has 0 aromatic heterocycles. The van der Waals surface area contributed by atoms with Crippen molar-refractivity contribution in [2.24, 2.45) is 0 Å². The average molecular weight is 594 g/mol. The first-order valence-corrected chi connectivity index (χ1v) is 15.2. The Morgan fingerprint density at radius 1 is 1.00 bits per heavy atom. The van der Waals surface area contributed by atoms with E-state index in [1.54, 1.807) is 24.3 Å². The van der Waals surface area contributed by atoms with E-state index in [9.17, 15) is 21.6 Å². The Morgan fingerprint density at radius 2 is 1.64 bits per heavy atom. The first kappa shape index (κ1) is 28.8. The largest absolute Gasteiger partial charge is 0.495 e. The van der Waals surface area contributed by atoms with Gasteiger partial charge in [0.15, 0.2) is 0 Å². The molecule has 1 saturated heterocycles. The molecule has 13 heteroatoms. The highest BCUT2D eigenvalue weighted by Gasteiger charge is 2.31. The van der Waals surface area contributed by atoms with Gasteiger partial charge >= 0.3 is 0 Å². The van der Waals surface area contributed by atoms with E-state index in [2.05, 4.69) is 5.32 Å². The fraction of sp³-hybridized carbons (Fsp3) is 0.269. The lowest BCUT2D eigenvalue weighted by Gasteiger charge is -2.27. The molecule has 0 spiro atoms. The third kappa shape index (κ3) is 6.53. The summed E-state index contributed by atoms with van der Waals surface area (Å²) in [5, 5.41) is 2.99. The van der Waals surface area contributed by atoms with Crippen molar-refractivity contribution >= 4 is 48.9 Å². The van der Waals surface area contributed by atoms with Gasteiger partial charge in [-0.15, -0.1) is 0 Å². The molecular weight excluding hydrogens is 566 g/mol. The smallest absolute Gasteiger partial charge is 0.264 e. The molecule has 1 heterocycles. The maximum atomic E-state index is 13.6. The molecule has 0 atom stereocenters. The summed E-state index contributed by atoms with van der Waals surface area (Å²) in [5.41, 5.74) is 1.37. The van der Waals surface area contributed by atoms with E-state index < -0.39 is 32.5 Å². The molecule has 4 rings (SSSR count). The number of anilines is 2. The molecule has 1 N–H and O–H groups in total. The monoisotopic (exact) mass is 593 g/mol. The summed E-state index contributed by atoms with van der Waals surface area (Å²) < 4.78 is 66.5. The summed E-state index contributed by atoms with van der Waals surface area (Å²) in [5.74, 6) is -0.556. The summed E-state index contributed by atoms with van der Waals surface area (Å²) in [4.78, 5) is 13.0. The number of nitrogens with one attached hydrogen (secondary N) is 1. The first-order chi connectivity index (χ1) is 18.5. The number of ether oxygens (including phenoxy) is 2. The minimum atomic E-state index is -4.15. The number of carbonyl (C=O) groups excluding carboxylic acids is 1. The summed E-state index contributed by atoms with van der Waals surface area (Å²) in [7, 11) is -6.73. The molecule has 1 amide bonds. The summed E-state index contributed by atoms with van der Waals surface area (Å²) >= 11 is 5.93. The Hall–Kier alpha value is -3.16. The predicted molar refractivity (Wildman–Crippen MR) is 148 cm³/mol.